The monoisotopic (exact) mass is 301 g/mol. The van der Waals surface area contributed by atoms with Gasteiger partial charge in [-0.1, -0.05) is 49.7 Å². The van der Waals surface area contributed by atoms with Gasteiger partial charge in [0.1, 0.15) is 5.82 Å². The van der Waals surface area contributed by atoms with Crippen molar-refractivity contribution in [2.45, 2.75) is 40.2 Å². The van der Waals surface area contributed by atoms with Gasteiger partial charge in [-0.25, -0.2) is 4.39 Å². The quantitative estimate of drug-likeness (QED) is 0.852. The molecule has 0 amide bonds. The lowest BCUT2D eigenvalue weighted by Crippen LogP contribution is -2.33. The molecule has 0 spiro atoms. The Morgan fingerprint density at radius 1 is 1.35 bits per heavy atom. The summed E-state index contributed by atoms with van der Waals surface area (Å²) < 4.78 is 14.8. The molecule has 0 aromatic heterocycles. The average Bonchev–Trinajstić information content (AvgIpc) is 2.19. The van der Waals surface area contributed by atoms with Gasteiger partial charge in [0, 0.05) is 16.1 Å². The molecular weight excluding hydrogens is 281 g/mol. The van der Waals surface area contributed by atoms with Gasteiger partial charge in [-0.3, -0.25) is 0 Å². The molecule has 0 aliphatic rings. The van der Waals surface area contributed by atoms with Crippen LogP contribution in [-0.4, -0.2) is 6.54 Å². The molecule has 3 heteroatoms. The SMILES string of the molecule is CCCNC(c1ccc(Br)cc1F)C(C)(C)C. The van der Waals surface area contributed by atoms with Gasteiger partial charge >= 0.3 is 0 Å². The molecule has 1 aromatic rings. The second kappa shape index (κ2) is 5.96. The van der Waals surface area contributed by atoms with E-state index in [0.717, 1.165) is 23.0 Å². The molecule has 96 valence electrons. The minimum absolute atomic E-state index is 0.0101. The Hall–Kier alpha value is -0.410. The fraction of sp³-hybridized carbons (Fsp3) is 0.571. The van der Waals surface area contributed by atoms with E-state index >= 15 is 0 Å². The molecular formula is C14H21BrFN. The van der Waals surface area contributed by atoms with E-state index in [1.807, 2.05) is 12.1 Å². The van der Waals surface area contributed by atoms with E-state index in [4.69, 9.17) is 0 Å². The lowest BCUT2D eigenvalue weighted by atomic mass is 9.82. The molecule has 17 heavy (non-hydrogen) atoms. The van der Waals surface area contributed by atoms with E-state index in [2.05, 4.69) is 48.9 Å². The Labute approximate surface area is 112 Å². The minimum Gasteiger partial charge on any atom is -0.309 e. The standard InChI is InChI=1S/C14H21BrFN/c1-5-8-17-13(14(2,3)4)11-7-6-10(15)9-12(11)16/h6-7,9,13,17H,5,8H2,1-4H3. The fourth-order valence-corrected chi connectivity index (χ4v) is 2.24. The third kappa shape index (κ3) is 4.07. The molecule has 1 aromatic carbocycles. The number of rotatable bonds is 4. The molecule has 0 saturated carbocycles. The van der Waals surface area contributed by atoms with Crippen molar-refractivity contribution in [3.05, 3.63) is 34.1 Å². The zero-order valence-corrected chi connectivity index (χ0v) is 12.6. The highest BCUT2D eigenvalue weighted by Crippen LogP contribution is 2.34. The van der Waals surface area contributed by atoms with Crippen molar-refractivity contribution in [3.63, 3.8) is 0 Å². The molecule has 1 nitrogen and oxygen atoms in total. The maximum atomic E-state index is 14.0. The van der Waals surface area contributed by atoms with Crippen molar-refractivity contribution in [2.24, 2.45) is 5.41 Å². The van der Waals surface area contributed by atoms with Crippen LogP contribution in [0.2, 0.25) is 0 Å². The summed E-state index contributed by atoms with van der Waals surface area (Å²) in [6, 6.07) is 5.32. The highest BCUT2D eigenvalue weighted by atomic mass is 79.9. The fourth-order valence-electron chi connectivity index (χ4n) is 1.91. The molecule has 0 bridgehead atoms. The van der Waals surface area contributed by atoms with Crippen LogP contribution in [0, 0.1) is 11.2 Å². The Balaban J connectivity index is 3.04. The van der Waals surface area contributed by atoms with Gasteiger partial charge in [0.05, 0.1) is 0 Å². The van der Waals surface area contributed by atoms with Crippen LogP contribution in [0.25, 0.3) is 0 Å². The maximum Gasteiger partial charge on any atom is 0.129 e. The van der Waals surface area contributed by atoms with Crippen molar-refractivity contribution in [1.82, 2.24) is 5.32 Å². The Morgan fingerprint density at radius 2 is 2.00 bits per heavy atom. The van der Waals surface area contributed by atoms with Crippen molar-refractivity contribution >= 4 is 15.9 Å². The van der Waals surface area contributed by atoms with Crippen LogP contribution in [0.4, 0.5) is 4.39 Å². The molecule has 0 heterocycles. The summed E-state index contributed by atoms with van der Waals surface area (Å²) >= 11 is 3.29. The van der Waals surface area contributed by atoms with Crippen molar-refractivity contribution < 1.29 is 4.39 Å². The van der Waals surface area contributed by atoms with E-state index in [1.54, 1.807) is 0 Å². The van der Waals surface area contributed by atoms with Crippen LogP contribution in [0.1, 0.15) is 45.7 Å². The van der Waals surface area contributed by atoms with Gasteiger partial charge in [0.25, 0.3) is 0 Å². The minimum atomic E-state index is -0.150. The van der Waals surface area contributed by atoms with E-state index < -0.39 is 0 Å². The van der Waals surface area contributed by atoms with Crippen LogP contribution in [-0.2, 0) is 0 Å². The van der Waals surface area contributed by atoms with Gasteiger partial charge in [-0.05, 0) is 30.5 Å². The first-order valence-corrected chi connectivity index (χ1v) is 6.84. The summed E-state index contributed by atoms with van der Waals surface area (Å²) in [4.78, 5) is 0. The summed E-state index contributed by atoms with van der Waals surface area (Å²) in [5, 5.41) is 3.43. The molecule has 0 fully saturated rings. The Bertz CT molecular complexity index is 371. The summed E-state index contributed by atoms with van der Waals surface area (Å²) in [6.07, 6.45) is 1.05. The first kappa shape index (κ1) is 14.7. The largest absolute Gasteiger partial charge is 0.309 e. The molecule has 0 radical (unpaired) electrons. The lowest BCUT2D eigenvalue weighted by molar-refractivity contribution is 0.267. The molecule has 1 N–H and O–H groups in total. The normalized spacial score (nSPS) is 13.8. The second-order valence-electron chi connectivity index (χ2n) is 5.42. The van der Waals surface area contributed by atoms with Crippen molar-refractivity contribution in [3.8, 4) is 0 Å². The predicted octanol–water partition coefficient (Wildman–Crippen LogP) is 4.68. The van der Waals surface area contributed by atoms with E-state index in [1.165, 1.54) is 6.07 Å². The molecule has 0 aliphatic carbocycles. The van der Waals surface area contributed by atoms with E-state index in [0.29, 0.717) is 0 Å². The van der Waals surface area contributed by atoms with Crippen LogP contribution in [0.15, 0.2) is 22.7 Å². The molecule has 1 atom stereocenters. The van der Waals surface area contributed by atoms with Crippen molar-refractivity contribution in [1.29, 1.82) is 0 Å². The highest BCUT2D eigenvalue weighted by Gasteiger charge is 2.27. The maximum absolute atomic E-state index is 14.0. The topological polar surface area (TPSA) is 12.0 Å². The Morgan fingerprint density at radius 3 is 2.47 bits per heavy atom. The first-order valence-electron chi connectivity index (χ1n) is 6.04. The zero-order valence-electron chi connectivity index (χ0n) is 11.0. The second-order valence-corrected chi connectivity index (χ2v) is 6.33. The average molecular weight is 302 g/mol. The van der Waals surface area contributed by atoms with Crippen molar-refractivity contribution in [2.75, 3.05) is 6.54 Å². The van der Waals surface area contributed by atoms with Gasteiger partial charge in [-0.15, -0.1) is 0 Å². The van der Waals surface area contributed by atoms with Gasteiger partial charge in [0.2, 0.25) is 0 Å². The van der Waals surface area contributed by atoms with Gasteiger partial charge in [0.15, 0.2) is 0 Å². The number of hydrogen-bond donors (Lipinski definition) is 1. The van der Waals surface area contributed by atoms with Gasteiger partial charge in [-0.2, -0.15) is 0 Å². The highest BCUT2D eigenvalue weighted by molar-refractivity contribution is 9.10. The third-order valence-corrected chi connectivity index (χ3v) is 3.23. The number of hydrogen-bond acceptors (Lipinski definition) is 1. The predicted molar refractivity (Wildman–Crippen MR) is 74.6 cm³/mol. The molecule has 0 aliphatic heterocycles. The van der Waals surface area contributed by atoms with E-state index in [9.17, 15) is 4.39 Å². The molecule has 1 rings (SSSR count). The zero-order chi connectivity index (χ0) is 13.1. The summed E-state index contributed by atoms with van der Waals surface area (Å²) in [5.41, 5.74) is 0.735. The van der Waals surface area contributed by atoms with Crippen LogP contribution < -0.4 is 5.32 Å². The summed E-state index contributed by atoms with van der Waals surface area (Å²) in [7, 11) is 0. The summed E-state index contributed by atoms with van der Waals surface area (Å²) in [6.45, 7) is 9.40. The lowest BCUT2D eigenvalue weighted by Gasteiger charge is -2.32. The Kier molecular flexibility index (Phi) is 5.14. The van der Waals surface area contributed by atoms with E-state index in [-0.39, 0.29) is 17.3 Å². The van der Waals surface area contributed by atoms with Gasteiger partial charge < -0.3 is 5.32 Å². The number of benzene rings is 1. The summed E-state index contributed by atoms with van der Waals surface area (Å²) in [5.74, 6) is -0.150. The third-order valence-electron chi connectivity index (χ3n) is 2.74. The molecule has 1 unspecified atom stereocenters. The van der Waals surface area contributed by atoms with Crippen LogP contribution in [0.5, 0.6) is 0 Å². The first-order chi connectivity index (χ1) is 7.86. The molecule has 0 saturated heterocycles. The smallest absolute Gasteiger partial charge is 0.129 e. The van der Waals surface area contributed by atoms with Crippen LogP contribution >= 0.6 is 15.9 Å². The number of nitrogens with one attached hydrogen (secondary N) is 1. The number of halogens is 2. The van der Waals surface area contributed by atoms with Crippen LogP contribution in [0.3, 0.4) is 0 Å².